The lowest BCUT2D eigenvalue weighted by Crippen LogP contribution is -2.52. The van der Waals surface area contributed by atoms with Crippen molar-refractivity contribution in [3.63, 3.8) is 0 Å². The fourth-order valence-corrected chi connectivity index (χ4v) is 2.02. The van der Waals surface area contributed by atoms with Crippen LogP contribution in [0, 0.1) is 0 Å². The van der Waals surface area contributed by atoms with Crippen molar-refractivity contribution >= 4 is 6.09 Å². The lowest BCUT2D eigenvalue weighted by atomic mass is 10.2. The summed E-state index contributed by atoms with van der Waals surface area (Å²) in [6, 6.07) is 10.2. The zero-order chi connectivity index (χ0) is 13.0. The molecule has 18 heavy (non-hydrogen) atoms. The molecular formula is C14H20N2O2. The van der Waals surface area contributed by atoms with E-state index in [4.69, 9.17) is 4.74 Å². The third-order valence-electron chi connectivity index (χ3n) is 3.42. The van der Waals surface area contributed by atoms with Gasteiger partial charge in [-0.25, -0.2) is 4.79 Å². The first-order valence-corrected chi connectivity index (χ1v) is 6.32. The van der Waals surface area contributed by atoms with Gasteiger partial charge in [-0.05, 0) is 19.5 Å². The number of amides is 1. The Morgan fingerprint density at radius 1 is 1.33 bits per heavy atom. The molecule has 0 aromatic heterocycles. The quantitative estimate of drug-likeness (QED) is 0.802. The predicted octanol–water partition coefficient (Wildman–Crippen LogP) is 1.96. The molecule has 1 aromatic rings. The van der Waals surface area contributed by atoms with Gasteiger partial charge in [0.15, 0.2) is 0 Å². The number of piperazine rings is 1. The molecule has 0 radical (unpaired) electrons. The summed E-state index contributed by atoms with van der Waals surface area (Å²) in [4.78, 5) is 15.9. The molecule has 1 aliphatic rings. The van der Waals surface area contributed by atoms with E-state index in [1.807, 2.05) is 30.3 Å². The van der Waals surface area contributed by atoms with Gasteiger partial charge >= 0.3 is 6.09 Å². The number of ether oxygens (including phenoxy) is 1. The molecule has 1 fully saturated rings. The van der Waals surface area contributed by atoms with Crippen LogP contribution in [0.3, 0.4) is 0 Å². The van der Waals surface area contributed by atoms with Gasteiger partial charge in [-0.3, -0.25) is 0 Å². The van der Waals surface area contributed by atoms with E-state index in [9.17, 15) is 4.79 Å². The molecule has 2 rings (SSSR count). The van der Waals surface area contributed by atoms with E-state index in [0.29, 0.717) is 12.6 Å². The molecule has 0 N–H and O–H groups in total. The molecule has 98 valence electrons. The van der Waals surface area contributed by atoms with Gasteiger partial charge in [-0.15, -0.1) is 0 Å². The molecule has 1 saturated heterocycles. The summed E-state index contributed by atoms with van der Waals surface area (Å²) in [5, 5.41) is 0. The van der Waals surface area contributed by atoms with Crippen molar-refractivity contribution in [3.8, 4) is 0 Å². The van der Waals surface area contributed by atoms with Gasteiger partial charge in [-0.1, -0.05) is 30.3 Å². The van der Waals surface area contributed by atoms with Crippen LogP contribution in [0.4, 0.5) is 4.79 Å². The van der Waals surface area contributed by atoms with Crippen LogP contribution < -0.4 is 0 Å². The van der Waals surface area contributed by atoms with Gasteiger partial charge in [0.1, 0.15) is 6.61 Å². The zero-order valence-electron chi connectivity index (χ0n) is 11.0. The monoisotopic (exact) mass is 248 g/mol. The number of nitrogens with zero attached hydrogens (tertiary/aromatic N) is 2. The molecule has 1 aliphatic heterocycles. The van der Waals surface area contributed by atoms with E-state index in [2.05, 4.69) is 18.9 Å². The molecule has 1 amide bonds. The number of rotatable bonds is 2. The van der Waals surface area contributed by atoms with Gasteiger partial charge in [-0.2, -0.15) is 0 Å². The Morgan fingerprint density at radius 3 is 2.72 bits per heavy atom. The van der Waals surface area contributed by atoms with Crippen LogP contribution >= 0.6 is 0 Å². The third kappa shape index (κ3) is 3.23. The molecule has 1 atom stereocenters. The number of benzene rings is 1. The average molecular weight is 248 g/mol. The van der Waals surface area contributed by atoms with E-state index in [0.717, 1.165) is 25.2 Å². The fraction of sp³-hybridized carbons (Fsp3) is 0.500. The van der Waals surface area contributed by atoms with Gasteiger partial charge in [0, 0.05) is 25.7 Å². The minimum Gasteiger partial charge on any atom is -0.445 e. The van der Waals surface area contributed by atoms with Crippen molar-refractivity contribution in [2.45, 2.75) is 19.6 Å². The van der Waals surface area contributed by atoms with Gasteiger partial charge in [0.05, 0.1) is 0 Å². The first-order valence-electron chi connectivity index (χ1n) is 6.32. The molecule has 1 heterocycles. The van der Waals surface area contributed by atoms with E-state index in [1.54, 1.807) is 4.90 Å². The zero-order valence-corrected chi connectivity index (χ0v) is 11.0. The SMILES string of the molecule is CC1CN(C(=O)OCc2ccccc2)CCN1C. The van der Waals surface area contributed by atoms with Crippen molar-refractivity contribution < 1.29 is 9.53 Å². The number of likely N-dealkylation sites (N-methyl/N-ethyl adjacent to an activating group) is 1. The topological polar surface area (TPSA) is 32.8 Å². The van der Waals surface area contributed by atoms with Crippen molar-refractivity contribution in [1.82, 2.24) is 9.80 Å². The van der Waals surface area contributed by atoms with Crippen molar-refractivity contribution in [2.75, 3.05) is 26.7 Å². The number of hydrogen-bond acceptors (Lipinski definition) is 3. The molecule has 1 aromatic carbocycles. The van der Waals surface area contributed by atoms with Gasteiger partial charge < -0.3 is 14.5 Å². The van der Waals surface area contributed by atoms with Crippen LogP contribution in [0.25, 0.3) is 0 Å². The highest BCUT2D eigenvalue weighted by Gasteiger charge is 2.25. The Kier molecular flexibility index (Phi) is 4.20. The normalized spacial score (nSPS) is 20.8. The van der Waals surface area contributed by atoms with Crippen LogP contribution in [0.5, 0.6) is 0 Å². The highest BCUT2D eigenvalue weighted by Crippen LogP contribution is 2.09. The lowest BCUT2D eigenvalue weighted by Gasteiger charge is -2.36. The number of hydrogen-bond donors (Lipinski definition) is 0. The van der Waals surface area contributed by atoms with Crippen molar-refractivity contribution in [3.05, 3.63) is 35.9 Å². The average Bonchev–Trinajstić information content (AvgIpc) is 2.40. The molecular weight excluding hydrogens is 228 g/mol. The Morgan fingerprint density at radius 2 is 2.06 bits per heavy atom. The standard InChI is InChI=1S/C14H20N2O2/c1-12-10-16(9-8-15(12)2)14(17)18-11-13-6-4-3-5-7-13/h3-7,12H,8-11H2,1-2H3. The highest BCUT2D eigenvalue weighted by atomic mass is 16.6. The molecule has 0 bridgehead atoms. The second-order valence-electron chi connectivity index (χ2n) is 4.82. The summed E-state index contributed by atoms with van der Waals surface area (Å²) in [7, 11) is 2.08. The second-order valence-corrected chi connectivity index (χ2v) is 4.82. The van der Waals surface area contributed by atoms with Crippen LogP contribution in [0.2, 0.25) is 0 Å². The van der Waals surface area contributed by atoms with Gasteiger partial charge in [0.25, 0.3) is 0 Å². The summed E-state index contributed by atoms with van der Waals surface area (Å²) in [6.45, 7) is 4.86. The van der Waals surface area contributed by atoms with Gasteiger partial charge in [0.2, 0.25) is 0 Å². The molecule has 0 saturated carbocycles. The minimum atomic E-state index is -0.209. The number of carbonyl (C=O) groups is 1. The largest absolute Gasteiger partial charge is 0.445 e. The van der Waals surface area contributed by atoms with E-state index in [-0.39, 0.29) is 6.09 Å². The summed E-state index contributed by atoms with van der Waals surface area (Å²) in [5.41, 5.74) is 1.02. The van der Waals surface area contributed by atoms with E-state index in [1.165, 1.54) is 0 Å². The predicted molar refractivity (Wildman–Crippen MR) is 70.3 cm³/mol. The van der Waals surface area contributed by atoms with Crippen LogP contribution in [-0.2, 0) is 11.3 Å². The van der Waals surface area contributed by atoms with Crippen LogP contribution in [0.1, 0.15) is 12.5 Å². The second kappa shape index (κ2) is 5.87. The smallest absolute Gasteiger partial charge is 0.410 e. The molecule has 4 nitrogen and oxygen atoms in total. The van der Waals surface area contributed by atoms with Crippen molar-refractivity contribution in [1.29, 1.82) is 0 Å². The molecule has 0 spiro atoms. The first kappa shape index (κ1) is 12.9. The Bertz CT molecular complexity index is 394. The highest BCUT2D eigenvalue weighted by molar-refractivity contribution is 5.67. The third-order valence-corrected chi connectivity index (χ3v) is 3.42. The Balaban J connectivity index is 1.82. The summed E-state index contributed by atoms with van der Waals surface area (Å²) >= 11 is 0. The molecule has 1 unspecified atom stereocenters. The first-order chi connectivity index (χ1) is 8.66. The minimum absolute atomic E-state index is 0.209. The van der Waals surface area contributed by atoms with E-state index >= 15 is 0 Å². The van der Waals surface area contributed by atoms with E-state index < -0.39 is 0 Å². The summed E-state index contributed by atoms with van der Waals surface area (Å²) < 4.78 is 5.32. The van der Waals surface area contributed by atoms with Crippen molar-refractivity contribution in [2.24, 2.45) is 0 Å². The summed E-state index contributed by atoms with van der Waals surface area (Å²) in [6.07, 6.45) is -0.209. The van der Waals surface area contributed by atoms with Crippen LogP contribution in [-0.4, -0.2) is 48.6 Å². The summed E-state index contributed by atoms with van der Waals surface area (Å²) in [5.74, 6) is 0. The molecule has 0 aliphatic carbocycles. The molecule has 4 heteroatoms. The maximum atomic E-state index is 11.9. The maximum absolute atomic E-state index is 11.9. The van der Waals surface area contributed by atoms with Crippen LogP contribution in [0.15, 0.2) is 30.3 Å². The number of carbonyl (C=O) groups excluding carboxylic acids is 1. The Hall–Kier alpha value is -1.55. The lowest BCUT2D eigenvalue weighted by molar-refractivity contribution is 0.0606. The maximum Gasteiger partial charge on any atom is 0.410 e. The Labute approximate surface area is 108 Å². The fourth-order valence-electron chi connectivity index (χ4n) is 2.02.